The topological polar surface area (TPSA) is 94.8 Å². The second-order valence-corrected chi connectivity index (χ2v) is 6.45. The first-order valence-corrected chi connectivity index (χ1v) is 8.32. The molecule has 1 saturated heterocycles. The van der Waals surface area contributed by atoms with Gasteiger partial charge in [-0.05, 0) is 46.6 Å². The van der Waals surface area contributed by atoms with E-state index in [1.807, 2.05) is 18.2 Å². The number of nitrogens with zero attached hydrogens (tertiary/aromatic N) is 5. The van der Waals surface area contributed by atoms with Crippen LogP contribution in [0.15, 0.2) is 34.9 Å². The van der Waals surface area contributed by atoms with Gasteiger partial charge < -0.3 is 10.2 Å². The maximum Gasteiger partial charge on any atom is 0.226 e. The number of amides is 1. The molecule has 122 valence electrons. The molecule has 0 aliphatic carbocycles. The number of hydrogen-bond donors (Lipinski definition) is 1. The largest absolute Gasteiger partial charge is 0.353 e. The van der Waals surface area contributed by atoms with Crippen LogP contribution in [0.3, 0.4) is 0 Å². The van der Waals surface area contributed by atoms with E-state index in [1.54, 1.807) is 18.3 Å². The fourth-order valence-electron chi connectivity index (χ4n) is 2.59. The average molecular weight is 387 g/mol. The second kappa shape index (κ2) is 7.36. The van der Waals surface area contributed by atoms with Crippen molar-refractivity contribution in [2.45, 2.75) is 18.9 Å². The summed E-state index contributed by atoms with van der Waals surface area (Å²) in [5, 5.41) is 19.7. The highest BCUT2D eigenvalue weighted by Crippen LogP contribution is 2.17. The van der Waals surface area contributed by atoms with Crippen molar-refractivity contribution in [3.05, 3.63) is 46.3 Å². The Kier molecular flexibility index (Phi) is 5.01. The Labute approximate surface area is 147 Å². The van der Waals surface area contributed by atoms with Crippen LogP contribution in [0.2, 0.25) is 0 Å². The Bertz CT molecular complexity index is 756. The summed E-state index contributed by atoms with van der Waals surface area (Å²) in [5.41, 5.74) is 1.04. The molecule has 1 aliphatic rings. The van der Waals surface area contributed by atoms with Crippen LogP contribution >= 0.6 is 15.9 Å². The van der Waals surface area contributed by atoms with Crippen molar-refractivity contribution in [3.63, 3.8) is 0 Å². The minimum atomic E-state index is -0.0393. The molecule has 1 aliphatic heterocycles. The zero-order valence-electron chi connectivity index (χ0n) is 12.8. The van der Waals surface area contributed by atoms with E-state index in [4.69, 9.17) is 5.26 Å². The van der Waals surface area contributed by atoms with Gasteiger partial charge in [-0.1, -0.05) is 0 Å². The number of aromatic nitrogens is 3. The Morgan fingerprint density at radius 3 is 2.92 bits per heavy atom. The molecule has 1 N–H and O–H groups in total. The Morgan fingerprint density at radius 1 is 1.38 bits per heavy atom. The van der Waals surface area contributed by atoms with Crippen molar-refractivity contribution >= 4 is 27.7 Å². The van der Waals surface area contributed by atoms with Crippen molar-refractivity contribution in [2.24, 2.45) is 0 Å². The van der Waals surface area contributed by atoms with Crippen molar-refractivity contribution in [1.29, 1.82) is 5.26 Å². The molecule has 1 atom stereocenters. The average Bonchev–Trinajstić information content (AvgIpc) is 3.05. The third-order valence-corrected chi connectivity index (χ3v) is 4.24. The standard InChI is InChI=1S/C16H15BrN6O/c17-11-1-2-12(19-9-11)7-16(24)20-14-5-6-23(10-14)15-4-3-13(8-18)21-22-15/h1-4,9,14H,5-7,10H2,(H,20,24). The molecular formula is C16H15BrN6O. The first-order chi connectivity index (χ1) is 11.6. The van der Waals surface area contributed by atoms with Crippen molar-refractivity contribution < 1.29 is 4.79 Å². The van der Waals surface area contributed by atoms with Crippen molar-refractivity contribution in [3.8, 4) is 6.07 Å². The molecule has 0 radical (unpaired) electrons. The van der Waals surface area contributed by atoms with Gasteiger partial charge in [0, 0.05) is 35.5 Å². The number of anilines is 1. The van der Waals surface area contributed by atoms with E-state index >= 15 is 0 Å². The van der Waals surface area contributed by atoms with Gasteiger partial charge in [-0.2, -0.15) is 5.26 Å². The van der Waals surface area contributed by atoms with Crippen LogP contribution in [0.5, 0.6) is 0 Å². The van der Waals surface area contributed by atoms with Crippen LogP contribution < -0.4 is 10.2 Å². The Hall–Kier alpha value is -2.53. The van der Waals surface area contributed by atoms with E-state index in [0.717, 1.165) is 29.0 Å². The molecule has 1 unspecified atom stereocenters. The van der Waals surface area contributed by atoms with Crippen LogP contribution in [0, 0.1) is 11.3 Å². The molecule has 0 bridgehead atoms. The van der Waals surface area contributed by atoms with Gasteiger partial charge in [0.15, 0.2) is 11.5 Å². The van der Waals surface area contributed by atoms with E-state index in [0.29, 0.717) is 12.2 Å². The summed E-state index contributed by atoms with van der Waals surface area (Å²) in [6.07, 6.45) is 2.80. The van der Waals surface area contributed by atoms with Crippen molar-refractivity contribution in [1.82, 2.24) is 20.5 Å². The van der Waals surface area contributed by atoms with Crippen LogP contribution in [-0.4, -0.2) is 40.2 Å². The predicted octanol–water partition coefficient (Wildman–Crippen LogP) is 1.44. The lowest BCUT2D eigenvalue weighted by molar-refractivity contribution is -0.121. The Balaban J connectivity index is 1.52. The molecule has 3 heterocycles. The minimum Gasteiger partial charge on any atom is -0.353 e. The van der Waals surface area contributed by atoms with Gasteiger partial charge in [-0.25, -0.2) is 0 Å². The van der Waals surface area contributed by atoms with Gasteiger partial charge in [-0.15, -0.1) is 10.2 Å². The predicted molar refractivity (Wildman–Crippen MR) is 91.1 cm³/mol. The number of pyridine rings is 1. The first-order valence-electron chi connectivity index (χ1n) is 7.52. The zero-order valence-corrected chi connectivity index (χ0v) is 14.4. The van der Waals surface area contributed by atoms with E-state index < -0.39 is 0 Å². The summed E-state index contributed by atoms with van der Waals surface area (Å²) in [5.74, 6) is 0.683. The van der Waals surface area contributed by atoms with Gasteiger partial charge in [0.25, 0.3) is 0 Å². The third-order valence-electron chi connectivity index (χ3n) is 3.77. The van der Waals surface area contributed by atoms with Crippen LogP contribution in [0.25, 0.3) is 0 Å². The van der Waals surface area contributed by atoms with Gasteiger partial charge in [0.1, 0.15) is 6.07 Å². The molecule has 0 aromatic carbocycles. The summed E-state index contributed by atoms with van der Waals surface area (Å²) in [6.45, 7) is 1.47. The second-order valence-electron chi connectivity index (χ2n) is 5.53. The number of rotatable bonds is 4. The normalized spacial score (nSPS) is 16.7. The lowest BCUT2D eigenvalue weighted by Crippen LogP contribution is -2.38. The highest BCUT2D eigenvalue weighted by molar-refractivity contribution is 9.10. The molecule has 1 amide bonds. The number of hydrogen-bond acceptors (Lipinski definition) is 6. The van der Waals surface area contributed by atoms with Gasteiger partial charge in [0.05, 0.1) is 6.42 Å². The van der Waals surface area contributed by atoms with Crippen LogP contribution in [0.1, 0.15) is 17.8 Å². The summed E-state index contributed by atoms with van der Waals surface area (Å²) in [6, 6.07) is 9.15. The number of carbonyl (C=O) groups is 1. The number of nitriles is 1. The van der Waals surface area contributed by atoms with Crippen LogP contribution in [-0.2, 0) is 11.2 Å². The smallest absolute Gasteiger partial charge is 0.226 e. The monoisotopic (exact) mass is 386 g/mol. The summed E-state index contributed by atoms with van der Waals surface area (Å²) in [4.78, 5) is 18.4. The summed E-state index contributed by atoms with van der Waals surface area (Å²) >= 11 is 3.32. The quantitative estimate of drug-likeness (QED) is 0.853. The lowest BCUT2D eigenvalue weighted by atomic mass is 10.2. The van der Waals surface area contributed by atoms with Crippen LogP contribution in [0.4, 0.5) is 5.82 Å². The van der Waals surface area contributed by atoms with E-state index in [2.05, 4.69) is 41.3 Å². The lowest BCUT2D eigenvalue weighted by Gasteiger charge is -2.17. The molecule has 3 rings (SSSR count). The molecule has 24 heavy (non-hydrogen) atoms. The van der Waals surface area contributed by atoms with Crippen molar-refractivity contribution in [2.75, 3.05) is 18.0 Å². The molecule has 0 spiro atoms. The van der Waals surface area contributed by atoms with E-state index in [9.17, 15) is 4.79 Å². The van der Waals surface area contributed by atoms with E-state index in [1.165, 1.54) is 0 Å². The maximum atomic E-state index is 12.1. The van der Waals surface area contributed by atoms with Gasteiger partial charge >= 0.3 is 0 Å². The highest BCUT2D eigenvalue weighted by atomic mass is 79.9. The number of nitrogens with one attached hydrogen (secondary N) is 1. The molecule has 1 fully saturated rings. The van der Waals surface area contributed by atoms with E-state index in [-0.39, 0.29) is 18.4 Å². The Morgan fingerprint density at radius 2 is 2.25 bits per heavy atom. The highest BCUT2D eigenvalue weighted by Gasteiger charge is 2.25. The molecule has 0 saturated carbocycles. The fraction of sp³-hybridized carbons (Fsp3) is 0.312. The SMILES string of the molecule is N#Cc1ccc(N2CCC(NC(=O)Cc3ccc(Br)cn3)C2)nn1. The molecule has 2 aromatic heterocycles. The maximum absolute atomic E-state index is 12.1. The van der Waals surface area contributed by atoms with Gasteiger partial charge in [-0.3, -0.25) is 9.78 Å². The first kappa shape index (κ1) is 16.3. The summed E-state index contributed by atoms with van der Waals surface area (Å²) < 4.78 is 0.890. The number of carbonyl (C=O) groups excluding carboxylic acids is 1. The molecular weight excluding hydrogens is 372 g/mol. The summed E-state index contributed by atoms with van der Waals surface area (Å²) in [7, 11) is 0. The minimum absolute atomic E-state index is 0.0393. The fourth-order valence-corrected chi connectivity index (χ4v) is 2.83. The molecule has 8 heteroatoms. The third kappa shape index (κ3) is 4.06. The molecule has 2 aromatic rings. The van der Waals surface area contributed by atoms with Gasteiger partial charge in [0.2, 0.25) is 5.91 Å². The zero-order chi connectivity index (χ0) is 16.9. The number of halogens is 1. The molecule has 7 nitrogen and oxygen atoms in total.